The van der Waals surface area contributed by atoms with E-state index in [4.69, 9.17) is 14.2 Å². The third kappa shape index (κ3) is 3.24. The normalized spacial score (nSPS) is 11.8. The number of benzene rings is 1. The van der Waals surface area contributed by atoms with Crippen molar-refractivity contribution < 1.29 is 19.0 Å². The van der Waals surface area contributed by atoms with Gasteiger partial charge in [-0.15, -0.1) is 0 Å². The standard InChI is InChI=1S/C15H17N5O4/c1-20(2)13-10(7-16-15(19-13)22-3)18-14(21)17-9-4-5-11-12(6-9)24-8-23-11/h4-7H,8H2,1-3H3,(H2,17,18,21). The molecule has 24 heavy (non-hydrogen) atoms. The molecule has 0 bridgehead atoms. The molecule has 0 unspecified atom stereocenters. The van der Waals surface area contributed by atoms with Crippen LogP contribution in [-0.4, -0.2) is 44.0 Å². The van der Waals surface area contributed by atoms with Crippen LogP contribution in [0.5, 0.6) is 17.5 Å². The van der Waals surface area contributed by atoms with E-state index >= 15 is 0 Å². The number of nitrogens with zero attached hydrogens (tertiary/aromatic N) is 3. The number of urea groups is 1. The Kier molecular flexibility index (Phi) is 4.23. The molecule has 1 aliphatic rings. The molecule has 2 heterocycles. The Hall–Kier alpha value is -3.23. The maximum Gasteiger partial charge on any atom is 0.323 e. The van der Waals surface area contributed by atoms with Crippen LogP contribution < -0.4 is 29.7 Å². The first-order valence-electron chi connectivity index (χ1n) is 7.13. The molecule has 0 spiro atoms. The zero-order valence-electron chi connectivity index (χ0n) is 13.5. The molecule has 0 saturated carbocycles. The van der Waals surface area contributed by atoms with Crippen molar-refractivity contribution in [3.63, 3.8) is 0 Å². The Labute approximate surface area is 138 Å². The second-order valence-electron chi connectivity index (χ2n) is 5.14. The predicted molar refractivity (Wildman–Crippen MR) is 88.1 cm³/mol. The summed E-state index contributed by atoms with van der Waals surface area (Å²) < 4.78 is 15.5. The second kappa shape index (κ2) is 6.49. The smallest absolute Gasteiger partial charge is 0.323 e. The minimum Gasteiger partial charge on any atom is -0.467 e. The van der Waals surface area contributed by atoms with Gasteiger partial charge in [-0.2, -0.15) is 4.98 Å². The molecule has 0 saturated heterocycles. The monoisotopic (exact) mass is 331 g/mol. The predicted octanol–water partition coefficient (Wildman–Crippen LogP) is 1.92. The molecule has 126 valence electrons. The fraction of sp³-hybridized carbons (Fsp3) is 0.267. The number of nitrogens with one attached hydrogen (secondary N) is 2. The second-order valence-corrected chi connectivity index (χ2v) is 5.14. The summed E-state index contributed by atoms with van der Waals surface area (Å²) in [5, 5.41) is 5.44. The van der Waals surface area contributed by atoms with Gasteiger partial charge < -0.3 is 29.7 Å². The van der Waals surface area contributed by atoms with Gasteiger partial charge in [0.1, 0.15) is 5.69 Å². The molecular weight excluding hydrogens is 314 g/mol. The highest BCUT2D eigenvalue weighted by atomic mass is 16.7. The maximum absolute atomic E-state index is 12.2. The number of methoxy groups -OCH3 is 1. The molecule has 9 heteroatoms. The van der Waals surface area contributed by atoms with Crippen LogP contribution in [0.25, 0.3) is 0 Å². The number of amides is 2. The average Bonchev–Trinajstić information content (AvgIpc) is 3.02. The van der Waals surface area contributed by atoms with Gasteiger partial charge >= 0.3 is 12.0 Å². The molecule has 0 aliphatic carbocycles. The first-order chi connectivity index (χ1) is 11.6. The zero-order valence-corrected chi connectivity index (χ0v) is 13.5. The number of aromatic nitrogens is 2. The van der Waals surface area contributed by atoms with Crippen molar-refractivity contribution in [1.82, 2.24) is 9.97 Å². The van der Waals surface area contributed by atoms with Crippen LogP contribution in [0.3, 0.4) is 0 Å². The van der Waals surface area contributed by atoms with E-state index in [1.165, 1.54) is 13.3 Å². The van der Waals surface area contributed by atoms with Gasteiger partial charge in [-0.25, -0.2) is 9.78 Å². The van der Waals surface area contributed by atoms with Crippen molar-refractivity contribution in [2.45, 2.75) is 0 Å². The van der Waals surface area contributed by atoms with Crippen LogP contribution in [0.4, 0.5) is 22.0 Å². The third-order valence-electron chi connectivity index (χ3n) is 3.23. The molecule has 0 fully saturated rings. The number of anilines is 3. The van der Waals surface area contributed by atoms with Gasteiger partial charge in [0, 0.05) is 25.8 Å². The molecule has 1 aromatic heterocycles. The molecule has 1 aromatic carbocycles. The summed E-state index contributed by atoms with van der Waals surface area (Å²) in [5.74, 6) is 1.77. The Balaban J connectivity index is 1.73. The fourth-order valence-corrected chi connectivity index (χ4v) is 2.14. The van der Waals surface area contributed by atoms with E-state index in [1.807, 2.05) is 14.1 Å². The van der Waals surface area contributed by atoms with Crippen LogP contribution in [0.1, 0.15) is 0 Å². The summed E-state index contributed by atoms with van der Waals surface area (Å²) in [7, 11) is 5.10. The van der Waals surface area contributed by atoms with Gasteiger partial charge in [0.2, 0.25) is 6.79 Å². The summed E-state index contributed by atoms with van der Waals surface area (Å²) >= 11 is 0. The molecular formula is C15H17N5O4. The van der Waals surface area contributed by atoms with Gasteiger partial charge in [-0.1, -0.05) is 0 Å². The fourth-order valence-electron chi connectivity index (χ4n) is 2.14. The Bertz CT molecular complexity index is 766. The molecule has 0 atom stereocenters. The molecule has 2 amide bonds. The minimum absolute atomic E-state index is 0.181. The summed E-state index contributed by atoms with van der Waals surface area (Å²) in [6.07, 6.45) is 1.49. The quantitative estimate of drug-likeness (QED) is 0.883. The van der Waals surface area contributed by atoms with E-state index in [-0.39, 0.29) is 12.8 Å². The lowest BCUT2D eigenvalue weighted by molar-refractivity contribution is 0.174. The highest BCUT2D eigenvalue weighted by Crippen LogP contribution is 2.34. The van der Waals surface area contributed by atoms with Gasteiger partial charge in [-0.3, -0.25) is 0 Å². The van der Waals surface area contributed by atoms with Gasteiger partial charge in [-0.05, 0) is 12.1 Å². The maximum atomic E-state index is 12.2. The SMILES string of the molecule is COc1ncc(NC(=O)Nc2ccc3c(c2)OCO3)c(N(C)C)n1. The summed E-state index contributed by atoms with van der Waals surface area (Å²) in [6, 6.07) is 4.95. The van der Waals surface area contributed by atoms with E-state index in [2.05, 4.69) is 20.6 Å². The van der Waals surface area contributed by atoms with Crippen LogP contribution >= 0.6 is 0 Å². The van der Waals surface area contributed by atoms with E-state index in [9.17, 15) is 4.79 Å². The molecule has 1 aliphatic heterocycles. The summed E-state index contributed by atoms with van der Waals surface area (Å²) in [4.78, 5) is 22.2. The van der Waals surface area contributed by atoms with Crippen LogP contribution in [0, 0.1) is 0 Å². The number of hydrogen-bond acceptors (Lipinski definition) is 7. The van der Waals surface area contributed by atoms with Crippen molar-refractivity contribution in [1.29, 1.82) is 0 Å². The first-order valence-corrected chi connectivity index (χ1v) is 7.13. The van der Waals surface area contributed by atoms with E-state index < -0.39 is 6.03 Å². The van der Waals surface area contributed by atoms with Crippen molar-refractivity contribution in [3.05, 3.63) is 24.4 Å². The number of hydrogen-bond donors (Lipinski definition) is 2. The highest BCUT2D eigenvalue weighted by molar-refractivity contribution is 6.01. The molecule has 9 nitrogen and oxygen atoms in total. The summed E-state index contributed by atoms with van der Waals surface area (Å²) in [6.45, 7) is 0.181. The number of rotatable bonds is 4. The lowest BCUT2D eigenvalue weighted by Crippen LogP contribution is -2.22. The average molecular weight is 331 g/mol. The number of ether oxygens (including phenoxy) is 3. The number of carbonyl (C=O) groups is 1. The molecule has 3 rings (SSSR count). The Morgan fingerprint density at radius 3 is 2.79 bits per heavy atom. The van der Waals surface area contributed by atoms with Crippen LogP contribution in [0.2, 0.25) is 0 Å². The Morgan fingerprint density at radius 2 is 2.04 bits per heavy atom. The van der Waals surface area contributed by atoms with E-state index in [0.29, 0.717) is 28.7 Å². The van der Waals surface area contributed by atoms with Gasteiger partial charge in [0.15, 0.2) is 17.3 Å². The topological polar surface area (TPSA) is 97.8 Å². The highest BCUT2D eigenvalue weighted by Gasteiger charge is 2.16. The van der Waals surface area contributed by atoms with Crippen molar-refractivity contribution in [2.75, 3.05) is 43.5 Å². The lowest BCUT2D eigenvalue weighted by Gasteiger charge is -2.17. The molecule has 2 aromatic rings. The van der Waals surface area contributed by atoms with Crippen molar-refractivity contribution in [3.8, 4) is 17.5 Å². The minimum atomic E-state index is -0.425. The third-order valence-corrected chi connectivity index (χ3v) is 3.23. The zero-order chi connectivity index (χ0) is 17.1. The number of carbonyl (C=O) groups excluding carboxylic acids is 1. The van der Waals surface area contributed by atoms with Crippen molar-refractivity contribution >= 4 is 23.2 Å². The molecule has 0 radical (unpaired) electrons. The summed E-state index contributed by atoms with van der Waals surface area (Å²) in [5.41, 5.74) is 1.04. The first kappa shape index (κ1) is 15.7. The van der Waals surface area contributed by atoms with Gasteiger partial charge in [0.25, 0.3) is 0 Å². The van der Waals surface area contributed by atoms with Crippen LogP contribution in [-0.2, 0) is 0 Å². The van der Waals surface area contributed by atoms with Crippen molar-refractivity contribution in [2.24, 2.45) is 0 Å². The lowest BCUT2D eigenvalue weighted by atomic mass is 10.3. The largest absolute Gasteiger partial charge is 0.467 e. The van der Waals surface area contributed by atoms with E-state index in [1.54, 1.807) is 23.1 Å². The van der Waals surface area contributed by atoms with Gasteiger partial charge in [0.05, 0.1) is 13.3 Å². The van der Waals surface area contributed by atoms with Crippen LogP contribution in [0.15, 0.2) is 24.4 Å². The Morgan fingerprint density at radius 1 is 1.25 bits per heavy atom. The number of fused-ring (bicyclic) bond motifs is 1. The van der Waals surface area contributed by atoms with E-state index in [0.717, 1.165) is 0 Å². The molecule has 2 N–H and O–H groups in total.